The Morgan fingerprint density at radius 2 is 2.00 bits per heavy atom. The lowest BCUT2D eigenvalue weighted by molar-refractivity contribution is -0.116. The molecule has 1 amide bonds. The molecule has 2 heterocycles. The zero-order valence-corrected chi connectivity index (χ0v) is 17.8. The molecule has 166 valence electrons. The quantitative estimate of drug-likeness (QED) is 0.630. The van der Waals surface area contributed by atoms with E-state index in [1.165, 1.54) is 20.3 Å². The van der Waals surface area contributed by atoms with Gasteiger partial charge < -0.3 is 24.4 Å². The highest BCUT2D eigenvalue weighted by atomic mass is 16.5. The maximum absolute atomic E-state index is 12.6. The number of esters is 1. The predicted octanol–water partition coefficient (Wildman–Crippen LogP) is 1.28. The van der Waals surface area contributed by atoms with E-state index in [4.69, 9.17) is 14.2 Å². The van der Waals surface area contributed by atoms with E-state index in [1.807, 2.05) is 4.90 Å². The van der Waals surface area contributed by atoms with E-state index in [1.54, 1.807) is 19.1 Å². The number of hydrogen-bond acceptors (Lipinski definition) is 8. The number of carbonyl (C=O) groups excluding carboxylic acids is 2. The average Bonchev–Trinajstić information content (AvgIpc) is 2.78. The Hall–Kier alpha value is -3.40. The monoisotopic (exact) mass is 430 g/mol. The van der Waals surface area contributed by atoms with Gasteiger partial charge in [0.1, 0.15) is 5.75 Å². The van der Waals surface area contributed by atoms with Gasteiger partial charge in [-0.15, -0.1) is 0 Å². The molecule has 2 N–H and O–H groups in total. The third-order valence-electron chi connectivity index (χ3n) is 5.03. The number of aryl methyl sites for hydroxylation is 1. The van der Waals surface area contributed by atoms with Crippen LogP contribution in [0.3, 0.4) is 0 Å². The van der Waals surface area contributed by atoms with Gasteiger partial charge in [0.25, 0.3) is 5.56 Å². The molecule has 1 saturated heterocycles. The lowest BCUT2D eigenvalue weighted by Crippen LogP contribution is -2.38. The highest BCUT2D eigenvalue weighted by Crippen LogP contribution is 2.23. The van der Waals surface area contributed by atoms with Gasteiger partial charge in [-0.2, -0.15) is 0 Å². The molecule has 1 aliphatic heterocycles. The van der Waals surface area contributed by atoms with Crippen molar-refractivity contribution in [2.24, 2.45) is 0 Å². The van der Waals surface area contributed by atoms with Gasteiger partial charge in [-0.05, 0) is 31.5 Å². The molecule has 1 fully saturated rings. The molecule has 3 rings (SSSR count). The first-order valence-electron chi connectivity index (χ1n) is 9.91. The minimum Gasteiger partial charge on any atom is -0.497 e. The molecule has 1 aliphatic rings. The van der Waals surface area contributed by atoms with E-state index < -0.39 is 5.97 Å². The van der Waals surface area contributed by atoms with E-state index >= 15 is 0 Å². The smallest absolute Gasteiger partial charge is 0.340 e. The molecule has 10 heteroatoms. The summed E-state index contributed by atoms with van der Waals surface area (Å²) in [4.78, 5) is 46.3. The summed E-state index contributed by atoms with van der Waals surface area (Å²) in [7, 11) is 2.74. The van der Waals surface area contributed by atoms with Crippen molar-refractivity contribution in [2.75, 3.05) is 50.7 Å². The number of nitrogens with zero attached hydrogens (tertiary/aromatic N) is 2. The largest absolute Gasteiger partial charge is 0.497 e. The molecule has 0 aliphatic carbocycles. The van der Waals surface area contributed by atoms with E-state index in [0.717, 1.165) is 0 Å². The second kappa shape index (κ2) is 10.1. The van der Waals surface area contributed by atoms with E-state index in [9.17, 15) is 14.4 Å². The molecular weight excluding hydrogens is 404 g/mol. The van der Waals surface area contributed by atoms with Crippen molar-refractivity contribution in [3.63, 3.8) is 0 Å². The van der Waals surface area contributed by atoms with Crippen LogP contribution in [0.4, 0.5) is 11.6 Å². The molecule has 0 spiro atoms. The third-order valence-corrected chi connectivity index (χ3v) is 5.03. The van der Waals surface area contributed by atoms with Crippen LogP contribution in [0.1, 0.15) is 28.0 Å². The molecule has 31 heavy (non-hydrogen) atoms. The number of methoxy groups -OCH3 is 2. The summed E-state index contributed by atoms with van der Waals surface area (Å²) in [6.07, 6.45) is 0.266. The van der Waals surface area contributed by atoms with Crippen LogP contribution in [0.2, 0.25) is 0 Å². The van der Waals surface area contributed by atoms with Gasteiger partial charge in [0.15, 0.2) is 0 Å². The molecule has 0 atom stereocenters. The summed E-state index contributed by atoms with van der Waals surface area (Å²) in [5.74, 6) is 0.0442. The molecule has 0 saturated carbocycles. The lowest BCUT2D eigenvalue weighted by atomic mass is 10.1. The summed E-state index contributed by atoms with van der Waals surface area (Å²) in [5.41, 5.74) is 1.26. The number of amides is 1. The van der Waals surface area contributed by atoms with Gasteiger partial charge in [0.2, 0.25) is 11.9 Å². The molecular formula is C21H26N4O6. The lowest BCUT2D eigenvalue weighted by Gasteiger charge is -2.27. The number of morpholine rings is 1. The van der Waals surface area contributed by atoms with E-state index in [2.05, 4.69) is 15.3 Å². The Bertz CT molecular complexity index is 1010. The fourth-order valence-electron chi connectivity index (χ4n) is 3.30. The van der Waals surface area contributed by atoms with Crippen molar-refractivity contribution >= 4 is 23.5 Å². The number of benzene rings is 1. The number of carbonyl (C=O) groups is 2. The summed E-state index contributed by atoms with van der Waals surface area (Å²) < 4.78 is 15.2. The predicted molar refractivity (Wildman–Crippen MR) is 114 cm³/mol. The fourth-order valence-corrected chi connectivity index (χ4v) is 3.30. The number of ether oxygens (including phenoxy) is 3. The minimum absolute atomic E-state index is 0.0507. The fraction of sp³-hybridized carbons (Fsp3) is 0.429. The molecule has 0 bridgehead atoms. The van der Waals surface area contributed by atoms with Crippen LogP contribution in [0.15, 0.2) is 23.0 Å². The van der Waals surface area contributed by atoms with Crippen LogP contribution >= 0.6 is 0 Å². The van der Waals surface area contributed by atoms with Crippen molar-refractivity contribution in [3.05, 3.63) is 45.4 Å². The second-order valence-corrected chi connectivity index (χ2v) is 7.00. The Balaban J connectivity index is 1.69. The topological polar surface area (TPSA) is 123 Å². The van der Waals surface area contributed by atoms with Crippen LogP contribution in [-0.4, -0.2) is 62.4 Å². The maximum Gasteiger partial charge on any atom is 0.340 e. The zero-order valence-electron chi connectivity index (χ0n) is 17.8. The van der Waals surface area contributed by atoms with Crippen LogP contribution in [0.25, 0.3) is 0 Å². The Morgan fingerprint density at radius 1 is 1.26 bits per heavy atom. The van der Waals surface area contributed by atoms with Crippen LogP contribution < -0.4 is 20.5 Å². The standard InChI is InChI=1S/C21H26N4O6/c1-13-15(19(27)24-21(22-13)25-8-10-31-11-9-25)5-7-18(26)23-17-6-4-14(29-2)12-16(17)20(28)30-3/h4,6,12H,5,7-11H2,1-3H3,(H,23,26)(H,22,24,27). The van der Waals surface area contributed by atoms with Gasteiger partial charge in [0, 0.05) is 30.8 Å². The highest BCUT2D eigenvalue weighted by Gasteiger charge is 2.18. The van der Waals surface area contributed by atoms with Crippen molar-refractivity contribution in [3.8, 4) is 5.75 Å². The molecule has 2 aromatic rings. The number of aromatic nitrogens is 2. The van der Waals surface area contributed by atoms with Gasteiger partial charge in [0.05, 0.1) is 38.7 Å². The van der Waals surface area contributed by atoms with Gasteiger partial charge in [-0.3, -0.25) is 14.6 Å². The molecule has 0 radical (unpaired) electrons. The summed E-state index contributed by atoms with van der Waals surface area (Å²) >= 11 is 0. The van der Waals surface area contributed by atoms with Crippen molar-refractivity contribution in [1.29, 1.82) is 0 Å². The maximum atomic E-state index is 12.6. The first kappa shape index (κ1) is 22.3. The van der Waals surface area contributed by atoms with Crippen molar-refractivity contribution in [1.82, 2.24) is 9.97 Å². The summed E-state index contributed by atoms with van der Waals surface area (Å²) in [5, 5.41) is 2.70. The van der Waals surface area contributed by atoms with Crippen LogP contribution in [0, 0.1) is 6.92 Å². The van der Waals surface area contributed by atoms with Gasteiger partial charge >= 0.3 is 5.97 Å². The van der Waals surface area contributed by atoms with Crippen molar-refractivity contribution < 1.29 is 23.8 Å². The normalized spacial score (nSPS) is 13.6. The average molecular weight is 430 g/mol. The molecule has 0 unspecified atom stereocenters. The number of anilines is 2. The second-order valence-electron chi connectivity index (χ2n) is 7.00. The van der Waals surface area contributed by atoms with Gasteiger partial charge in [-0.1, -0.05) is 0 Å². The summed E-state index contributed by atoms with van der Waals surface area (Å²) in [6.45, 7) is 4.25. The number of aromatic amines is 1. The highest BCUT2D eigenvalue weighted by molar-refractivity contribution is 6.01. The molecule has 1 aromatic carbocycles. The minimum atomic E-state index is -0.593. The number of rotatable bonds is 7. The van der Waals surface area contributed by atoms with Crippen molar-refractivity contribution in [2.45, 2.75) is 19.8 Å². The number of H-pyrrole nitrogens is 1. The first-order valence-corrected chi connectivity index (χ1v) is 9.91. The van der Waals surface area contributed by atoms with Crippen LogP contribution in [0.5, 0.6) is 5.75 Å². The molecule has 10 nitrogen and oxygen atoms in total. The van der Waals surface area contributed by atoms with E-state index in [-0.39, 0.29) is 29.9 Å². The Labute approximate surface area is 179 Å². The Morgan fingerprint density at radius 3 is 2.65 bits per heavy atom. The van der Waals surface area contributed by atoms with Gasteiger partial charge in [-0.25, -0.2) is 9.78 Å². The SMILES string of the molecule is COC(=O)c1cc(OC)ccc1NC(=O)CCc1c(C)nc(N2CCOCC2)[nH]c1=O. The summed E-state index contributed by atoms with van der Waals surface area (Å²) in [6, 6.07) is 4.69. The Kier molecular flexibility index (Phi) is 7.24. The zero-order chi connectivity index (χ0) is 22.4. The third kappa shape index (κ3) is 5.40. The number of hydrogen-bond donors (Lipinski definition) is 2. The van der Waals surface area contributed by atoms with Crippen LogP contribution in [-0.2, 0) is 20.7 Å². The number of nitrogens with one attached hydrogen (secondary N) is 2. The van der Waals surface area contributed by atoms with E-state index in [0.29, 0.717) is 54.9 Å². The molecule has 1 aromatic heterocycles. The first-order chi connectivity index (χ1) is 14.9.